The van der Waals surface area contributed by atoms with Gasteiger partial charge >= 0.3 is 5.97 Å². The number of halogens is 1. The van der Waals surface area contributed by atoms with E-state index in [0.717, 1.165) is 31.6 Å². The summed E-state index contributed by atoms with van der Waals surface area (Å²) in [7, 11) is 0. The second-order valence-electron chi connectivity index (χ2n) is 4.83. The number of aliphatic carboxylic acids is 1. The van der Waals surface area contributed by atoms with Crippen molar-refractivity contribution in [3.63, 3.8) is 0 Å². The third-order valence-electron chi connectivity index (χ3n) is 3.67. The predicted octanol–water partition coefficient (Wildman–Crippen LogP) is 3.12. The van der Waals surface area contributed by atoms with Gasteiger partial charge in [-0.25, -0.2) is 0 Å². The maximum absolute atomic E-state index is 11.3. The fourth-order valence-electron chi connectivity index (χ4n) is 2.54. The van der Waals surface area contributed by atoms with Gasteiger partial charge in [-0.15, -0.1) is 0 Å². The highest BCUT2D eigenvalue weighted by atomic mass is 79.9. The van der Waals surface area contributed by atoms with Gasteiger partial charge in [0.15, 0.2) is 4.67 Å². The number of nitrogens with zero attached hydrogens (tertiary/aromatic N) is 1. The second kappa shape index (κ2) is 5.89. The van der Waals surface area contributed by atoms with Crippen LogP contribution in [0, 0.1) is 5.92 Å². The number of carbonyl (C=O) groups is 1. The third kappa shape index (κ3) is 3.14. The summed E-state index contributed by atoms with van der Waals surface area (Å²) in [6.07, 6.45) is 2.87. The molecule has 4 nitrogen and oxygen atoms in total. The van der Waals surface area contributed by atoms with Gasteiger partial charge < -0.3 is 9.52 Å². The molecule has 0 saturated carbocycles. The number of furan rings is 1. The number of rotatable bonds is 4. The van der Waals surface area contributed by atoms with Gasteiger partial charge in [0.2, 0.25) is 0 Å². The van der Waals surface area contributed by atoms with Crippen molar-refractivity contribution in [2.24, 2.45) is 5.92 Å². The Balaban J connectivity index is 2.04. The topological polar surface area (TPSA) is 53.7 Å². The molecular formula is C13H18BrNO3. The summed E-state index contributed by atoms with van der Waals surface area (Å²) in [5.41, 5.74) is 0. The number of piperidine rings is 1. The Morgan fingerprint density at radius 2 is 2.39 bits per heavy atom. The van der Waals surface area contributed by atoms with Crippen LogP contribution in [0.3, 0.4) is 0 Å². The van der Waals surface area contributed by atoms with Gasteiger partial charge in [-0.3, -0.25) is 9.69 Å². The number of hydrogen-bond acceptors (Lipinski definition) is 3. The number of likely N-dealkylation sites (tertiary alicyclic amines) is 1. The van der Waals surface area contributed by atoms with Gasteiger partial charge in [0.05, 0.1) is 6.54 Å². The molecule has 1 saturated heterocycles. The number of hydrogen-bond donors (Lipinski definition) is 1. The molecule has 2 rings (SSSR count). The van der Waals surface area contributed by atoms with E-state index in [-0.39, 0.29) is 6.04 Å². The van der Waals surface area contributed by atoms with E-state index in [1.807, 2.05) is 17.0 Å². The van der Waals surface area contributed by atoms with E-state index < -0.39 is 5.97 Å². The minimum atomic E-state index is -0.723. The van der Waals surface area contributed by atoms with E-state index >= 15 is 0 Å². The third-order valence-corrected chi connectivity index (χ3v) is 4.10. The Hall–Kier alpha value is -0.810. The van der Waals surface area contributed by atoms with Gasteiger partial charge in [-0.1, -0.05) is 13.3 Å². The highest BCUT2D eigenvalue weighted by Crippen LogP contribution is 2.27. The molecule has 2 atom stereocenters. The lowest BCUT2D eigenvalue weighted by molar-refractivity contribution is -0.145. The molecule has 2 unspecified atom stereocenters. The van der Waals surface area contributed by atoms with Crippen LogP contribution in [0.4, 0.5) is 0 Å². The molecule has 2 heterocycles. The lowest BCUT2D eigenvalue weighted by Crippen LogP contribution is -2.46. The molecule has 1 aliphatic heterocycles. The largest absolute Gasteiger partial charge is 0.480 e. The molecule has 1 aromatic heterocycles. The van der Waals surface area contributed by atoms with Crippen LogP contribution in [-0.2, 0) is 11.3 Å². The predicted molar refractivity (Wildman–Crippen MR) is 71.3 cm³/mol. The molecule has 0 spiro atoms. The summed E-state index contributed by atoms with van der Waals surface area (Å²) < 4.78 is 6.14. The molecule has 1 N–H and O–H groups in total. The fourth-order valence-corrected chi connectivity index (χ4v) is 2.88. The van der Waals surface area contributed by atoms with Crippen molar-refractivity contribution < 1.29 is 14.3 Å². The summed E-state index contributed by atoms with van der Waals surface area (Å²) in [6, 6.07) is 3.34. The van der Waals surface area contributed by atoms with E-state index in [4.69, 9.17) is 4.42 Å². The standard InChI is InChI=1S/C13H18BrNO3/c1-2-9-5-6-15(11(7-9)13(16)17)8-10-3-4-12(14)18-10/h3-4,9,11H,2,5-8H2,1H3,(H,16,17). The van der Waals surface area contributed by atoms with Gasteiger partial charge in [0.1, 0.15) is 11.8 Å². The zero-order valence-corrected chi connectivity index (χ0v) is 12.0. The van der Waals surface area contributed by atoms with Gasteiger partial charge in [-0.05, 0) is 53.4 Å². The molecule has 0 aromatic carbocycles. The molecule has 5 heteroatoms. The molecule has 0 bridgehead atoms. The summed E-state index contributed by atoms with van der Waals surface area (Å²) in [6.45, 7) is 3.52. The molecule has 18 heavy (non-hydrogen) atoms. The van der Waals surface area contributed by atoms with Crippen molar-refractivity contribution in [2.75, 3.05) is 6.54 Å². The Labute approximate surface area is 115 Å². The first-order valence-corrected chi connectivity index (χ1v) is 7.10. The van der Waals surface area contributed by atoms with E-state index in [9.17, 15) is 9.90 Å². The molecular weight excluding hydrogens is 298 g/mol. The molecule has 0 radical (unpaired) electrons. The summed E-state index contributed by atoms with van der Waals surface area (Å²) >= 11 is 3.26. The van der Waals surface area contributed by atoms with Crippen LogP contribution in [-0.4, -0.2) is 28.6 Å². The van der Waals surface area contributed by atoms with Crippen LogP contribution in [0.25, 0.3) is 0 Å². The summed E-state index contributed by atoms with van der Waals surface area (Å²) in [5.74, 6) is 0.618. The van der Waals surface area contributed by atoms with E-state index in [0.29, 0.717) is 17.1 Å². The normalized spacial score (nSPS) is 25.2. The molecule has 0 amide bonds. The van der Waals surface area contributed by atoms with Crippen LogP contribution in [0.2, 0.25) is 0 Å². The molecule has 0 aliphatic carbocycles. The first-order valence-electron chi connectivity index (χ1n) is 6.31. The lowest BCUT2D eigenvalue weighted by Gasteiger charge is -2.36. The van der Waals surface area contributed by atoms with Crippen molar-refractivity contribution in [3.8, 4) is 0 Å². The number of carboxylic acid groups (broad SMARTS) is 1. The molecule has 1 aliphatic rings. The van der Waals surface area contributed by atoms with E-state index in [1.54, 1.807) is 0 Å². The second-order valence-corrected chi connectivity index (χ2v) is 5.61. The number of carboxylic acids is 1. The fraction of sp³-hybridized carbons (Fsp3) is 0.615. The minimum absolute atomic E-state index is 0.382. The highest BCUT2D eigenvalue weighted by molar-refractivity contribution is 9.10. The van der Waals surface area contributed by atoms with Gasteiger partial charge in [-0.2, -0.15) is 0 Å². The van der Waals surface area contributed by atoms with Crippen LogP contribution >= 0.6 is 15.9 Å². The zero-order valence-electron chi connectivity index (χ0n) is 10.4. The van der Waals surface area contributed by atoms with Crippen LogP contribution < -0.4 is 0 Å². The Kier molecular flexibility index (Phi) is 4.45. The average Bonchev–Trinajstić information content (AvgIpc) is 2.75. The molecule has 100 valence electrons. The molecule has 1 aromatic rings. The van der Waals surface area contributed by atoms with Crippen molar-refractivity contribution in [1.82, 2.24) is 4.90 Å². The molecule has 1 fully saturated rings. The van der Waals surface area contributed by atoms with Crippen molar-refractivity contribution >= 4 is 21.9 Å². The maximum Gasteiger partial charge on any atom is 0.320 e. The van der Waals surface area contributed by atoms with Gasteiger partial charge in [0.25, 0.3) is 0 Å². The van der Waals surface area contributed by atoms with Crippen LogP contribution in [0.5, 0.6) is 0 Å². The summed E-state index contributed by atoms with van der Waals surface area (Å²) in [5, 5.41) is 9.32. The minimum Gasteiger partial charge on any atom is -0.480 e. The smallest absolute Gasteiger partial charge is 0.320 e. The average molecular weight is 316 g/mol. The van der Waals surface area contributed by atoms with Crippen molar-refractivity contribution in [2.45, 2.75) is 38.8 Å². The Morgan fingerprint density at radius 3 is 2.94 bits per heavy atom. The Bertz CT molecular complexity index is 418. The van der Waals surface area contributed by atoms with Crippen molar-refractivity contribution in [3.05, 3.63) is 22.6 Å². The lowest BCUT2D eigenvalue weighted by atomic mass is 9.89. The van der Waals surface area contributed by atoms with Crippen molar-refractivity contribution in [1.29, 1.82) is 0 Å². The van der Waals surface area contributed by atoms with Crippen LogP contribution in [0.15, 0.2) is 21.2 Å². The quantitative estimate of drug-likeness (QED) is 0.927. The SMILES string of the molecule is CCC1CCN(Cc2ccc(Br)o2)C(C(=O)O)C1. The van der Waals surface area contributed by atoms with Gasteiger partial charge in [0, 0.05) is 0 Å². The highest BCUT2D eigenvalue weighted by Gasteiger charge is 2.32. The first-order chi connectivity index (χ1) is 8.60. The van der Waals surface area contributed by atoms with E-state index in [1.165, 1.54) is 0 Å². The maximum atomic E-state index is 11.3. The van der Waals surface area contributed by atoms with Crippen LogP contribution in [0.1, 0.15) is 31.9 Å². The Morgan fingerprint density at radius 1 is 1.61 bits per heavy atom. The monoisotopic (exact) mass is 315 g/mol. The first kappa shape index (κ1) is 13.6. The van der Waals surface area contributed by atoms with E-state index in [2.05, 4.69) is 22.9 Å². The zero-order chi connectivity index (χ0) is 13.1. The summed E-state index contributed by atoms with van der Waals surface area (Å²) in [4.78, 5) is 13.3.